The number of hydrogen-bond acceptors (Lipinski definition) is 4. The van der Waals surface area contributed by atoms with Crippen LogP contribution in [-0.2, 0) is 0 Å². The van der Waals surface area contributed by atoms with Crippen molar-refractivity contribution in [2.24, 2.45) is 4.99 Å². The van der Waals surface area contributed by atoms with Crippen molar-refractivity contribution in [3.63, 3.8) is 0 Å². The number of aliphatic imine (C=N–C) groups is 1. The Bertz CT molecular complexity index is 486. The highest BCUT2D eigenvalue weighted by atomic mass is 32.1. The zero-order valence-electron chi connectivity index (χ0n) is 9.99. The maximum absolute atomic E-state index is 11.8. The number of carbonyl (C=O) groups is 1. The molecule has 1 aromatic rings. The highest BCUT2D eigenvalue weighted by Gasteiger charge is 2.26. The minimum absolute atomic E-state index is 0.0995. The first-order valence-corrected chi connectivity index (χ1v) is 6.39. The molecule has 1 heterocycles. The van der Waals surface area contributed by atoms with E-state index in [2.05, 4.69) is 21.9 Å². The highest BCUT2D eigenvalue weighted by Crippen LogP contribution is 2.32. The largest absolute Gasteiger partial charge is 0.347 e. The number of rotatable bonds is 4. The Morgan fingerprint density at radius 3 is 2.88 bits per heavy atom. The summed E-state index contributed by atoms with van der Waals surface area (Å²) in [5.41, 5.74) is 1.54. The van der Waals surface area contributed by atoms with E-state index in [1.807, 2.05) is 13.8 Å². The predicted octanol–water partition coefficient (Wildman–Crippen LogP) is 2.79. The summed E-state index contributed by atoms with van der Waals surface area (Å²) < 4.78 is 0. The van der Waals surface area contributed by atoms with Gasteiger partial charge in [0.15, 0.2) is 5.01 Å². The Morgan fingerprint density at radius 1 is 1.65 bits per heavy atom. The number of hydrogen-bond donors (Lipinski definition) is 1. The Kier molecular flexibility index (Phi) is 3.38. The molecule has 1 fully saturated rings. The van der Waals surface area contributed by atoms with E-state index in [4.69, 9.17) is 0 Å². The fourth-order valence-electron chi connectivity index (χ4n) is 1.37. The lowest BCUT2D eigenvalue weighted by Crippen LogP contribution is -2.25. The highest BCUT2D eigenvalue weighted by molar-refractivity contribution is 7.17. The van der Waals surface area contributed by atoms with Crippen LogP contribution >= 0.6 is 11.3 Å². The second kappa shape index (κ2) is 4.79. The van der Waals surface area contributed by atoms with Gasteiger partial charge in [-0.15, -0.1) is 0 Å². The first-order valence-electron chi connectivity index (χ1n) is 5.58. The van der Waals surface area contributed by atoms with Gasteiger partial charge in [-0.05, 0) is 32.3 Å². The molecular formula is C12H15N3OS. The first-order chi connectivity index (χ1) is 8.11. The van der Waals surface area contributed by atoms with E-state index in [1.165, 1.54) is 11.3 Å². The molecule has 0 radical (unpaired) electrons. The molecule has 1 N–H and O–H groups in total. The van der Waals surface area contributed by atoms with Gasteiger partial charge in [0.05, 0.1) is 0 Å². The summed E-state index contributed by atoms with van der Waals surface area (Å²) in [6.45, 7) is 7.56. The fraction of sp³-hybridized carbons (Fsp3) is 0.417. The van der Waals surface area contributed by atoms with E-state index in [0.717, 1.165) is 23.4 Å². The van der Waals surface area contributed by atoms with Crippen molar-refractivity contribution >= 4 is 34.0 Å². The Balaban J connectivity index is 2.25. The van der Waals surface area contributed by atoms with Gasteiger partial charge in [0, 0.05) is 12.3 Å². The van der Waals surface area contributed by atoms with Crippen molar-refractivity contribution in [3.05, 3.63) is 17.3 Å². The van der Waals surface area contributed by atoms with Gasteiger partial charge in [-0.2, -0.15) is 0 Å². The summed E-state index contributed by atoms with van der Waals surface area (Å²) in [6, 6.07) is 0.345. The van der Waals surface area contributed by atoms with Crippen molar-refractivity contribution in [1.82, 2.24) is 10.3 Å². The second-order valence-corrected chi connectivity index (χ2v) is 5.07. The van der Waals surface area contributed by atoms with E-state index in [0.29, 0.717) is 16.7 Å². The van der Waals surface area contributed by atoms with Crippen LogP contribution in [0.2, 0.25) is 0 Å². The third-order valence-corrected chi connectivity index (χ3v) is 3.33. The summed E-state index contributed by atoms with van der Waals surface area (Å²) in [5.74, 6) is -0.0995. The number of nitrogens with one attached hydrogen (secondary N) is 1. The Hall–Kier alpha value is -1.49. The number of amides is 1. The summed E-state index contributed by atoms with van der Waals surface area (Å²) in [4.78, 5) is 20.4. The van der Waals surface area contributed by atoms with E-state index >= 15 is 0 Å². The SMILES string of the molecule is C=C(C)c1nc(C(=O)NC2CC2)sc1N=CC. The van der Waals surface area contributed by atoms with E-state index < -0.39 is 0 Å². The van der Waals surface area contributed by atoms with Crippen molar-refractivity contribution < 1.29 is 4.79 Å². The molecule has 5 heteroatoms. The van der Waals surface area contributed by atoms with Gasteiger partial charge in [0.2, 0.25) is 0 Å². The van der Waals surface area contributed by atoms with Crippen molar-refractivity contribution in [2.45, 2.75) is 32.7 Å². The second-order valence-electron chi connectivity index (χ2n) is 4.09. The van der Waals surface area contributed by atoms with Gasteiger partial charge in [0.1, 0.15) is 10.7 Å². The van der Waals surface area contributed by atoms with Crippen LogP contribution < -0.4 is 5.32 Å². The molecule has 1 aliphatic rings. The normalized spacial score (nSPS) is 15.2. The van der Waals surface area contributed by atoms with Crippen LogP contribution in [0, 0.1) is 0 Å². The van der Waals surface area contributed by atoms with Gasteiger partial charge in [-0.1, -0.05) is 17.9 Å². The lowest BCUT2D eigenvalue weighted by Gasteiger charge is -1.97. The quantitative estimate of drug-likeness (QED) is 0.834. The molecule has 0 saturated heterocycles. The molecule has 0 spiro atoms. The third-order valence-electron chi connectivity index (χ3n) is 2.37. The first kappa shape index (κ1) is 12.0. The topological polar surface area (TPSA) is 54.4 Å². The van der Waals surface area contributed by atoms with Crippen molar-refractivity contribution in [1.29, 1.82) is 0 Å². The molecule has 1 aliphatic carbocycles. The summed E-state index contributed by atoms with van der Waals surface area (Å²) in [5, 5.41) is 4.14. The zero-order chi connectivity index (χ0) is 12.4. The molecule has 1 aromatic heterocycles. The maximum Gasteiger partial charge on any atom is 0.280 e. The number of carbonyl (C=O) groups excluding carboxylic acids is 1. The van der Waals surface area contributed by atoms with Crippen molar-refractivity contribution in [3.8, 4) is 0 Å². The minimum atomic E-state index is -0.0995. The zero-order valence-corrected chi connectivity index (χ0v) is 10.8. The number of aromatic nitrogens is 1. The van der Waals surface area contributed by atoms with Crippen LogP contribution in [0.25, 0.3) is 5.57 Å². The molecule has 0 aliphatic heterocycles. The lowest BCUT2D eigenvalue weighted by atomic mass is 10.2. The minimum Gasteiger partial charge on any atom is -0.347 e. The molecule has 0 aromatic carbocycles. The van der Waals surface area contributed by atoms with E-state index in [9.17, 15) is 4.79 Å². The smallest absolute Gasteiger partial charge is 0.280 e. The fourth-order valence-corrected chi connectivity index (χ4v) is 2.31. The third kappa shape index (κ3) is 2.79. The van der Waals surface area contributed by atoms with Gasteiger partial charge in [-0.3, -0.25) is 4.79 Å². The molecule has 4 nitrogen and oxygen atoms in total. The van der Waals surface area contributed by atoms with Crippen LogP contribution in [0.4, 0.5) is 5.00 Å². The monoisotopic (exact) mass is 249 g/mol. The predicted molar refractivity (Wildman–Crippen MR) is 71.1 cm³/mol. The van der Waals surface area contributed by atoms with Crippen LogP contribution in [-0.4, -0.2) is 23.1 Å². The average molecular weight is 249 g/mol. The number of nitrogens with zero attached hydrogens (tertiary/aromatic N) is 2. The summed E-state index contributed by atoms with van der Waals surface area (Å²) >= 11 is 1.31. The van der Waals surface area contributed by atoms with E-state index in [1.54, 1.807) is 6.21 Å². The molecular weight excluding hydrogens is 234 g/mol. The molecule has 0 atom stereocenters. The van der Waals surface area contributed by atoms with Crippen LogP contribution in [0.15, 0.2) is 11.6 Å². The van der Waals surface area contributed by atoms with Crippen LogP contribution in [0.3, 0.4) is 0 Å². The Labute approximate surface area is 104 Å². The van der Waals surface area contributed by atoms with Gasteiger partial charge in [-0.25, -0.2) is 9.98 Å². The van der Waals surface area contributed by atoms with E-state index in [-0.39, 0.29) is 5.91 Å². The van der Waals surface area contributed by atoms with Crippen molar-refractivity contribution in [2.75, 3.05) is 0 Å². The van der Waals surface area contributed by atoms with Crippen LogP contribution in [0.5, 0.6) is 0 Å². The molecule has 1 saturated carbocycles. The summed E-state index contributed by atoms with van der Waals surface area (Å²) in [7, 11) is 0. The summed E-state index contributed by atoms with van der Waals surface area (Å²) in [6.07, 6.45) is 3.84. The Morgan fingerprint density at radius 2 is 2.35 bits per heavy atom. The molecule has 2 rings (SSSR count). The lowest BCUT2D eigenvalue weighted by molar-refractivity contribution is 0.0950. The molecule has 0 unspecified atom stereocenters. The molecule has 90 valence electrons. The maximum atomic E-state index is 11.8. The standard InChI is InChI=1S/C12H15N3OS/c1-4-13-11-9(7(2)3)15-12(17-11)10(16)14-8-5-6-8/h4,8H,2,5-6H2,1,3H3,(H,14,16). The number of allylic oxidation sites excluding steroid dienone is 1. The average Bonchev–Trinajstić information content (AvgIpc) is 2.96. The van der Waals surface area contributed by atoms with Crippen LogP contribution in [0.1, 0.15) is 42.2 Å². The molecule has 0 bridgehead atoms. The molecule has 1 amide bonds. The van der Waals surface area contributed by atoms with Gasteiger partial charge < -0.3 is 5.32 Å². The van der Waals surface area contributed by atoms with Gasteiger partial charge >= 0.3 is 0 Å². The molecule has 17 heavy (non-hydrogen) atoms. The van der Waals surface area contributed by atoms with Gasteiger partial charge in [0.25, 0.3) is 5.91 Å². The number of thiazole rings is 1.